The minimum Gasteiger partial charge on any atom is -0.340 e. The SMILES string of the molecule is O=C(Nc1cccc(-c2ccc(Nc3cccc(C(F)(F)F)c3)nc2)c1)C(F)(F)F. The number of benzene rings is 2. The molecule has 0 saturated carbocycles. The molecule has 4 nitrogen and oxygen atoms in total. The van der Waals surface area contributed by atoms with Gasteiger partial charge in [0, 0.05) is 23.1 Å². The van der Waals surface area contributed by atoms with E-state index in [4.69, 9.17) is 0 Å². The van der Waals surface area contributed by atoms with Crippen LogP contribution >= 0.6 is 0 Å². The first kappa shape index (κ1) is 21.2. The van der Waals surface area contributed by atoms with E-state index in [1.807, 2.05) is 0 Å². The second-order valence-corrected chi connectivity index (χ2v) is 6.17. The maximum Gasteiger partial charge on any atom is 0.471 e. The molecule has 30 heavy (non-hydrogen) atoms. The van der Waals surface area contributed by atoms with Gasteiger partial charge in [-0.1, -0.05) is 18.2 Å². The standard InChI is InChI=1S/C20H13F6N3O/c21-19(22,23)14-4-2-6-16(10-14)28-17-8-7-13(11-27-17)12-3-1-5-15(9-12)29-18(30)20(24,25)26/h1-11H,(H,27,28)(H,29,30). The van der Waals surface area contributed by atoms with E-state index in [0.717, 1.165) is 12.1 Å². The number of rotatable bonds is 4. The van der Waals surface area contributed by atoms with Gasteiger partial charge in [-0.2, -0.15) is 26.3 Å². The van der Waals surface area contributed by atoms with Gasteiger partial charge in [-0.05, 0) is 48.0 Å². The van der Waals surface area contributed by atoms with Gasteiger partial charge in [0.2, 0.25) is 0 Å². The summed E-state index contributed by atoms with van der Waals surface area (Å²) in [6.07, 6.45) is -8.07. The summed E-state index contributed by atoms with van der Waals surface area (Å²) in [5, 5.41) is 4.52. The van der Waals surface area contributed by atoms with Crippen molar-refractivity contribution in [3.05, 3.63) is 72.4 Å². The van der Waals surface area contributed by atoms with Crippen molar-refractivity contribution in [2.75, 3.05) is 10.6 Å². The molecule has 1 aromatic heterocycles. The number of amides is 1. The number of hydrogen-bond donors (Lipinski definition) is 2. The third-order valence-electron chi connectivity index (χ3n) is 3.94. The lowest BCUT2D eigenvalue weighted by atomic mass is 10.1. The zero-order valence-electron chi connectivity index (χ0n) is 15.0. The van der Waals surface area contributed by atoms with Crippen molar-refractivity contribution < 1.29 is 31.1 Å². The molecule has 0 aliphatic rings. The Labute approximate surface area is 166 Å². The lowest BCUT2D eigenvalue weighted by Gasteiger charge is -2.11. The molecule has 0 aliphatic carbocycles. The van der Waals surface area contributed by atoms with E-state index in [-0.39, 0.29) is 17.2 Å². The molecule has 3 aromatic rings. The fourth-order valence-corrected chi connectivity index (χ4v) is 2.54. The molecule has 0 radical (unpaired) electrons. The number of aromatic nitrogens is 1. The number of nitrogens with zero attached hydrogens (tertiary/aromatic N) is 1. The molecule has 0 bridgehead atoms. The van der Waals surface area contributed by atoms with Gasteiger partial charge in [0.05, 0.1) is 5.56 Å². The summed E-state index contributed by atoms with van der Waals surface area (Å²) in [5.41, 5.74) is 0.380. The third-order valence-corrected chi connectivity index (χ3v) is 3.94. The molecule has 2 aromatic carbocycles. The fourth-order valence-electron chi connectivity index (χ4n) is 2.54. The first-order chi connectivity index (χ1) is 14.0. The maximum atomic E-state index is 12.8. The Morgan fingerprint density at radius 2 is 1.50 bits per heavy atom. The molecule has 0 spiro atoms. The number of carbonyl (C=O) groups is 1. The second kappa shape index (κ2) is 8.05. The van der Waals surface area contributed by atoms with Crippen LogP contribution in [0.5, 0.6) is 0 Å². The van der Waals surface area contributed by atoms with E-state index in [1.54, 1.807) is 17.4 Å². The van der Waals surface area contributed by atoms with Crippen molar-refractivity contribution in [3.63, 3.8) is 0 Å². The zero-order valence-corrected chi connectivity index (χ0v) is 15.0. The second-order valence-electron chi connectivity index (χ2n) is 6.17. The highest BCUT2D eigenvalue weighted by Crippen LogP contribution is 2.31. The van der Waals surface area contributed by atoms with Gasteiger partial charge in [-0.3, -0.25) is 4.79 Å². The summed E-state index contributed by atoms with van der Waals surface area (Å²) in [6, 6.07) is 13.5. The quantitative estimate of drug-likeness (QED) is 0.504. The topological polar surface area (TPSA) is 54.0 Å². The predicted molar refractivity (Wildman–Crippen MR) is 99.1 cm³/mol. The molecule has 1 heterocycles. The highest BCUT2D eigenvalue weighted by Gasteiger charge is 2.38. The number of anilines is 3. The minimum atomic E-state index is -5.01. The molecule has 1 amide bonds. The van der Waals surface area contributed by atoms with Gasteiger partial charge >= 0.3 is 18.3 Å². The van der Waals surface area contributed by atoms with Crippen LogP contribution in [0.4, 0.5) is 43.5 Å². The predicted octanol–water partition coefficient (Wildman–Crippen LogP) is 6.01. The Balaban J connectivity index is 1.75. The molecule has 2 N–H and O–H groups in total. The van der Waals surface area contributed by atoms with E-state index in [2.05, 4.69) is 10.3 Å². The van der Waals surface area contributed by atoms with E-state index in [1.165, 1.54) is 42.6 Å². The molecule has 0 saturated heterocycles. The van der Waals surface area contributed by atoms with Crippen LogP contribution in [0, 0.1) is 0 Å². The third kappa shape index (κ3) is 5.28. The van der Waals surface area contributed by atoms with Crippen LogP contribution in [0.3, 0.4) is 0 Å². The average molecular weight is 425 g/mol. The van der Waals surface area contributed by atoms with E-state index < -0.39 is 23.8 Å². The Morgan fingerprint density at radius 3 is 2.13 bits per heavy atom. The van der Waals surface area contributed by atoms with Crippen LogP contribution in [0.2, 0.25) is 0 Å². The van der Waals surface area contributed by atoms with Gasteiger partial charge in [0.25, 0.3) is 0 Å². The normalized spacial score (nSPS) is 11.8. The Hall–Kier alpha value is -3.56. The van der Waals surface area contributed by atoms with Crippen LogP contribution in [-0.4, -0.2) is 17.1 Å². The first-order valence-corrected chi connectivity index (χ1v) is 8.41. The van der Waals surface area contributed by atoms with Crippen molar-refractivity contribution in [3.8, 4) is 11.1 Å². The summed E-state index contributed by atoms with van der Waals surface area (Å²) >= 11 is 0. The number of alkyl halides is 6. The summed E-state index contributed by atoms with van der Waals surface area (Å²) in [7, 11) is 0. The maximum absolute atomic E-state index is 12.8. The largest absolute Gasteiger partial charge is 0.471 e. The number of hydrogen-bond acceptors (Lipinski definition) is 3. The smallest absolute Gasteiger partial charge is 0.340 e. The molecule has 3 rings (SSSR count). The highest BCUT2D eigenvalue weighted by atomic mass is 19.4. The van der Waals surface area contributed by atoms with E-state index >= 15 is 0 Å². The number of halogens is 6. The van der Waals surface area contributed by atoms with Crippen molar-refractivity contribution in [1.82, 2.24) is 4.98 Å². The summed E-state index contributed by atoms with van der Waals surface area (Å²) in [5.74, 6) is -1.81. The van der Waals surface area contributed by atoms with Gasteiger partial charge in [0.1, 0.15) is 5.82 Å². The van der Waals surface area contributed by atoms with Crippen LogP contribution in [0.15, 0.2) is 66.9 Å². The van der Waals surface area contributed by atoms with Crippen molar-refractivity contribution in [2.45, 2.75) is 12.4 Å². The Morgan fingerprint density at radius 1 is 0.800 bits per heavy atom. The van der Waals surface area contributed by atoms with Crippen LogP contribution in [0.25, 0.3) is 11.1 Å². The minimum absolute atomic E-state index is 0.0407. The lowest BCUT2D eigenvalue weighted by molar-refractivity contribution is -0.167. The average Bonchev–Trinajstić information content (AvgIpc) is 2.68. The summed E-state index contributed by atoms with van der Waals surface area (Å²) in [6.45, 7) is 0. The number of carbonyl (C=O) groups excluding carboxylic acids is 1. The molecule has 0 aliphatic heterocycles. The highest BCUT2D eigenvalue weighted by molar-refractivity contribution is 5.95. The first-order valence-electron chi connectivity index (χ1n) is 8.41. The number of pyridine rings is 1. The molecule has 0 atom stereocenters. The molecule has 0 fully saturated rings. The lowest BCUT2D eigenvalue weighted by Crippen LogP contribution is -2.29. The zero-order chi connectivity index (χ0) is 21.9. The molecule has 10 heteroatoms. The number of nitrogens with one attached hydrogen (secondary N) is 2. The van der Waals surface area contributed by atoms with Crippen LogP contribution in [0.1, 0.15) is 5.56 Å². The van der Waals surface area contributed by atoms with Gasteiger partial charge in [-0.15, -0.1) is 0 Å². The fraction of sp³-hybridized carbons (Fsp3) is 0.100. The molecule has 0 unspecified atom stereocenters. The van der Waals surface area contributed by atoms with Gasteiger partial charge in [0.15, 0.2) is 0 Å². The van der Waals surface area contributed by atoms with Crippen LogP contribution in [-0.2, 0) is 11.0 Å². The van der Waals surface area contributed by atoms with Crippen molar-refractivity contribution >= 4 is 23.1 Å². The Bertz CT molecular complexity index is 1050. The van der Waals surface area contributed by atoms with E-state index in [0.29, 0.717) is 11.1 Å². The summed E-state index contributed by atoms with van der Waals surface area (Å²) < 4.78 is 75.5. The molecule has 156 valence electrons. The summed E-state index contributed by atoms with van der Waals surface area (Å²) in [4.78, 5) is 15.2. The van der Waals surface area contributed by atoms with Crippen molar-refractivity contribution in [2.24, 2.45) is 0 Å². The van der Waals surface area contributed by atoms with Gasteiger partial charge in [-0.25, -0.2) is 4.98 Å². The monoisotopic (exact) mass is 425 g/mol. The van der Waals surface area contributed by atoms with Gasteiger partial charge < -0.3 is 10.6 Å². The van der Waals surface area contributed by atoms with Crippen LogP contribution < -0.4 is 10.6 Å². The van der Waals surface area contributed by atoms with E-state index in [9.17, 15) is 31.1 Å². The Kier molecular flexibility index (Phi) is 5.68. The van der Waals surface area contributed by atoms with Crippen molar-refractivity contribution in [1.29, 1.82) is 0 Å². The molecular weight excluding hydrogens is 412 g/mol. The molecular formula is C20H13F6N3O.